The molecule has 0 fully saturated rings. The zero-order valence-corrected chi connectivity index (χ0v) is 12.9. The van der Waals surface area contributed by atoms with Crippen LogP contribution in [-0.2, 0) is 7.05 Å². The Bertz CT molecular complexity index is 818. The van der Waals surface area contributed by atoms with Gasteiger partial charge in [0.25, 0.3) is 5.91 Å². The minimum atomic E-state index is -0.134. The Kier molecular flexibility index (Phi) is 3.55. The molecule has 5 heteroatoms. The lowest BCUT2D eigenvalue weighted by atomic mass is 10.1. The van der Waals surface area contributed by atoms with Gasteiger partial charge in [0.1, 0.15) is 0 Å². The number of aryl methyl sites for hydroxylation is 1. The molecule has 0 saturated carbocycles. The summed E-state index contributed by atoms with van der Waals surface area (Å²) < 4.78 is 1.93. The van der Waals surface area contributed by atoms with Crippen molar-refractivity contribution in [1.29, 1.82) is 0 Å². The highest BCUT2D eigenvalue weighted by Gasteiger charge is 2.09. The van der Waals surface area contributed by atoms with E-state index in [4.69, 9.17) is 0 Å². The Morgan fingerprint density at radius 1 is 1.14 bits per heavy atom. The summed E-state index contributed by atoms with van der Waals surface area (Å²) in [5.74, 6) is -0.134. The Labute approximate surface area is 129 Å². The van der Waals surface area contributed by atoms with Crippen LogP contribution in [0.15, 0.2) is 48.8 Å². The quantitative estimate of drug-likeness (QED) is 0.808. The highest BCUT2D eigenvalue weighted by atomic mass is 16.1. The van der Waals surface area contributed by atoms with Crippen LogP contribution >= 0.6 is 0 Å². The average molecular weight is 294 g/mol. The summed E-state index contributed by atoms with van der Waals surface area (Å²) in [6.07, 6.45) is 1.74. The fourth-order valence-electron chi connectivity index (χ4n) is 2.32. The van der Waals surface area contributed by atoms with Crippen molar-refractivity contribution in [2.45, 2.75) is 0 Å². The average Bonchev–Trinajstić information content (AvgIpc) is 2.88. The van der Waals surface area contributed by atoms with Crippen molar-refractivity contribution in [2.75, 3.05) is 24.3 Å². The minimum absolute atomic E-state index is 0.134. The summed E-state index contributed by atoms with van der Waals surface area (Å²) >= 11 is 0. The third kappa shape index (κ3) is 2.65. The van der Waals surface area contributed by atoms with Gasteiger partial charge in [-0.15, -0.1) is 0 Å². The van der Waals surface area contributed by atoms with Crippen LogP contribution in [0.2, 0.25) is 0 Å². The molecule has 22 heavy (non-hydrogen) atoms. The van der Waals surface area contributed by atoms with E-state index in [1.165, 1.54) is 0 Å². The molecule has 0 bridgehead atoms. The third-order valence-corrected chi connectivity index (χ3v) is 3.63. The number of anilines is 2. The number of nitrogens with one attached hydrogen (secondary N) is 1. The van der Waals surface area contributed by atoms with Crippen LogP contribution < -0.4 is 10.2 Å². The van der Waals surface area contributed by atoms with Gasteiger partial charge in [-0.05, 0) is 42.5 Å². The summed E-state index contributed by atoms with van der Waals surface area (Å²) in [7, 11) is 5.90. The molecule has 0 aliphatic rings. The van der Waals surface area contributed by atoms with E-state index in [1.54, 1.807) is 12.4 Å². The third-order valence-electron chi connectivity index (χ3n) is 3.63. The first-order valence-corrected chi connectivity index (χ1v) is 7.04. The molecule has 1 heterocycles. The number of fused-ring (bicyclic) bond motifs is 1. The van der Waals surface area contributed by atoms with Gasteiger partial charge in [0.05, 0.1) is 17.4 Å². The molecule has 0 atom stereocenters. The molecular formula is C17H18N4O. The molecule has 112 valence electrons. The lowest BCUT2D eigenvalue weighted by Gasteiger charge is -2.13. The molecule has 1 aromatic heterocycles. The van der Waals surface area contributed by atoms with Crippen molar-refractivity contribution >= 4 is 28.3 Å². The van der Waals surface area contributed by atoms with Crippen molar-refractivity contribution in [1.82, 2.24) is 9.55 Å². The molecule has 0 aliphatic carbocycles. The van der Waals surface area contributed by atoms with Crippen molar-refractivity contribution in [3.8, 4) is 0 Å². The normalized spacial score (nSPS) is 10.7. The second kappa shape index (κ2) is 5.52. The number of hydrogen-bond acceptors (Lipinski definition) is 3. The number of aromatic nitrogens is 2. The smallest absolute Gasteiger partial charge is 0.255 e. The lowest BCUT2D eigenvalue weighted by molar-refractivity contribution is 0.102. The van der Waals surface area contributed by atoms with Crippen molar-refractivity contribution < 1.29 is 4.79 Å². The van der Waals surface area contributed by atoms with Gasteiger partial charge in [-0.1, -0.05) is 0 Å². The van der Waals surface area contributed by atoms with E-state index >= 15 is 0 Å². The van der Waals surface area contributed by atoms with Gasteiger partial charge in [-0.25, -0.2) is 4.98 Å². The molecular weight excluding hydrogens is 276 g/mol. The first kappa shape index (κ1) is 14.1. The van der Waals surface area contributed by atoms with Gasteiger partial charge >= 0.3 is 0 Å². The number of carbonyl (C=O) groups is 1. The maximum absolute atomic E-state index is 12.3. The minimum Gasteiger partial charge on any atom is -0.378 e. The molecule has 2 aromatic carbocycles. The lowest BCUT2D eigenvalue weighted by Crippen LogP contribution is -2.12. The number of hydrogen-bond donors (Lipinski definition) is 1. The number of benzene rings is 2. The highest BCUT2D eigenvalue weighted by Crippen LogP contribution is 2.18. The number of rotatable bonds is 3. The van der Waals surface area contributed by atoms with Crippen LogP contribution in [0.3, 0.4) is 0 Å². The molecule has 1 N–H and O–H groups in total. The Balaban J connectivity index is 1.80. The number of carbonyl (C=O) groups excluding carboxylic acids is 1. The fraction of sp³-hybridized carbons (Fsp3) is 0.176. The summed E-state index contributed by atoms with van der Waals surface area (Å²) in [5.41, 5.74) is 4.29. The standard InChI is InChI=1S/C17H18N4O/c1-20(2)14-7-5-13(6-8-14)19-17(22)12-4-9-16-15(10-12)18-11-21(16)3/h4-11H,1-3H3,(H,19,22). The largest absolute Gasteiger partial charge is 0.378 e. The van der Waals surface area contributed by atoms with Crippen molar-refractivity contribution in [3.05, 3.63) is 54.4 Å². The molecule has 3 aromatic rings. The molecule has 1 amide bonds. The molecule has 0 aliphatic heterocycles. The SMILES string of the molecule is CN(C)c1ccc(NC(=O)c2ccc3c(c2)ncn3C)cc1. The second-order valence-corrected chi connectivity index (χ2v) is 5.45. The van der Waals surface area contributed by atoms with Crippen LogP contribution in [0.25, 0.3) is 11.0 Å². The Morgan fingerprint density at radius 3 is 2.55 bits per heavy atom. The van der Waals surface area contributed by atoms with E-state index in [2.05, 4.69) is 10.3 Å². The van der Waals surface area contributed by atoms with E-state index < -0.39 is 0 Å². The Hall–Kier alpha value is -2.82. The molecule has 0 spiro atoms. The van der Waals surface area contributed by atoms with Gasteiger partial charge in [-0.2, -0.15) is 0 Å². The van der Waals surface area contributed by atoms with E-state index in [1.807, 2.05) is 67.0 Å². The van der Waals surface area contributed by atoms with Crippen LogP contribution in [-0.4, -0.2) is 29.6 Å². The first-order valence-electron chi connectivity index (χ1n) is 7.04. The number of nitrogens with zero attached hydrogens (tertiary/aromatic N) is 3. The van der Waals surface area contributed by atoms with Gasteiger partial charge < -0.3 is 14.8 Å². The van der Waals surface area contributed by atoms with E-state index in [0.29, 0.717) is 5.56 Å². The zero-order chi connectivity index (χ0) is 15.7. The second-order valence-electron chi connectivity index (χ2n) is 5.45. The van der Waals surface area contributed by atoms with Crippen LogP contribution in [0.1, 0.15) is 10.4 Å². The summed E-state index contributed by atoms with van der Waals surface area (Å²) in [5, 5.41) is 2.90. The first-order chi connectivity index (χ1) is 10.5. The van der Waals surface area contributed by atoms with Crippen LogP contribution in [0.4, 0.5) is 11.4 Å². The predicted molar refractivity (Wildman–Crippen MR) is 89.4 cm³/mol. The van der Waals surface area contributed by atoms with Crippen LogP contribution in [0, 0.1) is 0 Å². The maximum Gasteiger partial charge on any atom is 0.255 e. The van der Waals surface area contributed by atoms with Gasteiger partial charge in [0.2, 0.25) is 0 Å². The van der Waals surface area contributed by atoms with Crippen molar-refractivity contribution in [3.63, 3.8) is 0 Å². The summed E-state index contributed by atoms with van der Waals surface area (Å²) in [6, 6.07) is 13.3. The fourth-order valence-corrected chi connectivity index (χ4v) is 2.32. The molecule has 0 saturated heterocycles. The molecule has 0 unspecified atom stereocenters. The molecule has 3 rings (SSSR count). The topological polar surface area (TPSA) is 50.2 Å². The maximum atomic E-state index is 12.3. The van der Waals surface area contributed by atoms with Crippen molar-refractivity contribution in [2.24, 2.45) is 7.05 Å². The van der Waals surface area contributed by atoms with Gasteiger partial charge in [-0.3, -0.25) is 4.79 Å². The van der Waals surface area contributed by atoms with E-state index in [-0.39, 0.29) is 5.91 Å². The predicted octanol–water partition coefficient (Wildman–Crippen LogP) is 2.89. The number of amides is 1. The molecule has 0 radical (unpaired) electrons. The monoisotopic (exact) mass is 294 g/mol. The summed E-state index contributed by atoms with van der Waals surface area (Å²) in [4.78, 5) is 18.6. The Morgan fingerprint density at radius 2 is 1.86 bits per heavy atom. The summed E-state index contributed by atoms with van der Waals surface area (Å²) in [6.45, 7) is 0. The van der Waals surface area contributed by atoms with Gasteiger partial charge in [0.15, 0.2) is 0 Å². The highest BCUT2D eigenvalue weighted by molar-refractivity contribution is 6.06. The zero-order valence-electron chi connectivity index (χ0n) is 12.9. The van der Waals surface area contributed by atoms with Crippen LogP contribution in [0.5, 0.6) is 0 Å². The number of imidazole rings is 1. The van der Waals surface area contributed by atoms with Gasteiger partial charge in [0, 0.05) is 38.1 Å². The van der Waals surface area contributed by atoms with E-state index in [9.17, 15) is 4.79 Å². The van der Waals surface area contributed by atoms with E-state index in [0.717, 1.165) is 22.4 Å². The molecule has 5 nitrogen and oxygen atoms in total.